The van der Waals surface area contributed by atoms with Gasteiger partial charge in [-0.25, -0.2) is 4.98 Å². The Kier molecular flexibility index (Phi) is 3.10. The summed E-state index contributed by atoms with van der Waals surface area (Å²) in [6.07, 6.45) is 2.67. The minimum Gasteiger partial charge on any atom is -0.429 e. The van der Waals surface area contributed by atoms with Crippen LogP contribution in [0.2, 0.25) is 0 Å². The van der Waals surface area contributed by atoms with Gasteiger partial charge in [-0.1, -0.05) is 0 Å². The molecule has 1 rings (SSSR count). The monoisotopic (exact) mass is 169 g/mol. The Bertz CT molecular complexity index is 234. The average Bonchev–Trinajstić information content (AvgIpc) is 2.47. The molecule has 0 bridgehead atoms. The van der Waals surface area contributed by atoms with Gasteiger partial charge >= 0.3 is 0 Å². The molecule has 68 valence electrons. The molecule has 0 aliphatic carbocycles. The topological polar surface area (TPSA) is 55.3 Å². The Balaban J connectivity index is 2.47. The number of nitrogens with zero attached hydrogens (tertiary/aromatic N) is 2. The fraction of sp³-hybridized carbons (Fsp3) is 0.625. The van der Waals surface area contributed by atoms with Crippen molar-refractivity contribution in [2.45, 2.75) is 13.3 Å². The number of aryl methyl sites for hydroxylation is 1. The molecule has 0 fully saturated rings. The fourth-order valence-corrected chi connectivity index (χ4v) is 0.943. The van der Waals surface area contributed by atoms with E-state index < -0.39 is 0 Å². The second-order valence-corrected chi connectivity index (χ2v) is 2.82. The van der Waals surface area contributed by atoms with Gasteiger partial charge in [-0.2, -0.15) is 0 Å². The minimum atomic E-state index is 0.668. The Labute approximate surface area is 72.4 Å². The molecule has 0 atom stereocenters. The maximum atomic E-state index is 5.38. The smallest absolute Gasteiger partial charge is 0.297 e. The van der Waals surface area contributed by atoms with Crippen molar-refractivity contribution < 1.29 is 4.42 Å². The van der Waals surface area contributed by atoms with Crippen LogP contribution in [0, 0.1) is 6.92 Å². The van der Waals surface area contributed by atoms with Gasteiger partial charge in [0.15, 0.2) is 0 Å². The van der Waals surface area contributed by atoms with E-state index in [1.165, 1.54) is 0 Å². The lowest BCUT2D eigenvalue weighted by Gasteiger charge is -2.12. The van der Waals surface area contributed by atoms with E-state index in [1.807, 2.05) is 18.9 Å². The van der Waals surface area contributed by atoms with Gasteiger partial charge in [0, 0.05) is 13.6 Å². The van der Waals surface area contributed by atoms with Gasteiger partial charge in [-0.05, 0) is 19.9 Å². The highest BCUT2D eigenvalue weighted by Crippen LogP contribution is 2.11. The van der Waals surface area contributed by atoms with Gasteiger partial charge in [0.25, 0.3) is 6.01 Å². The van der Waals surface area contributed by atoms with E-state index >= 15 is 0 Å². The van der Waals surface area contributed by atoms with Crippen LogP contribution < -0.4 is 10.6 Å². The summed E-state index contributed by atoms with van der Waals surface area (Å²) in [7, 11) is 1.95. The summed E-state index contributed by atoms with van der Waals surface area (Å²) < 4.78 is 5.32. The summed E-state index contributed by atoms with van der Waals surface area (Å²) >= 11 is 0. The van der Waals surface area contributed by atoms with Crippen LogP contribution in [0.4, 0.5) is 6.01 Å². The zero-order chi connectivity index (χ0) is 8.97. The highest BCUT2D eigenvalue weighted by molar-refractivity contribution is 5.23. The van der Waals surface area contributed by atoms with E-state index in [0.717, 1.165) is 18.7 Å². The van der Waals surface area contributed by atoms with Crippen molar-refractivity contribution in [2.24, 2.45) is 5.73 Å². The Morgan fingerprint density at radius 3 is 2.92 bits per heavy atom. The molecule has 4 nitrogen and oxygen atoms in total. The van der Waals surface area contributed by atoms with E-state index in [4.69, 9.17) is 10.2 Å². The molecule has 0 spiro atoms. The third-order valence-electron chi connectivity index (χ3n) is 1.63. The molecule has 0 aliphatic heterocycles. The second-order valence-electron chi connectivity index (χ2n) is 2.82. The predicted molar refractivity (Wildman–Crippen MR) is 48.2 cm³/mol. The largest absolute Gasteiger partial charge is 0.429 e. The third kappa shape index (κ3) is 2.23. The van der Waals surface area contributed by atoms with E-state index in [2.05, 4.69) is 4.98 Å². The lowest BCUT2D eigenvalue weighted by Crippen LogP contribution is -2.21. The molecular weight excluding hydrogens is 154 g/mol. The number of hydrogen-bond acceptors (Lipinski definition) is 4. The zero-order valence-corrected chi connectivity index (χ0v) is 7.58. The number of anilines is 1. The van der Waals surface area contributed by atoms with Crippen molar-refractivity contribution in [1.82, 2.24) is 4.98 Å². The van der Waals surface area contributed by atoms with E-state index in [9.17, 15) is 0 Å². The standard InChI is InChI=1S/C8H15N3O/c1-7-6-10-8(12-7)11(2)5-3-4-9/h6H,3-5,9H2,1-2H3. The van der Waals surface area contributed by atoms with Crippen LogP contribution in [0.25, 0.3) is 0 Å². The number of hydrogen-bond donors (Lipinski definition) is 1. The van der Waals surface area contributed by atoms with Crippen LogP contribution in [0.5, 0.6) is 0 Å². The number of nitrogens with two attached hydrogens (primary N) is 1. The number of oxazole rings is 1. The van der Waals surface area contributed by atoms with E-state index in [0.29, 0.717) is 12.6 Å². The van der Waals surface area contributed by atoms with Crippen LogP contribution in [0.1, 0.15) is 12.2 Å². The van der Waals surface area contributed by atoms with Gasteiger partial charge in [0.1, 0.15) is 5.76 Å². The summed E-state index contributed by atoms with van der Waals surface area (Å²) in [5.41, 5.74) is 5.38. The molecule has 0 unspecified atom stereocenters. The summed E-state index contributed by atoms with van der Waals surface area (Å²) in [5.74, 6) is 0.838. The molecule has 0 radical (unpaired) electrons. The second kappa shape index (κ2) is 4.11. The Morgan fingerprint density at radius 1 is 1.67 bits per heavy atom. The summed E-state index contributed by atoms with van der Waals surface area (Å²) in [4.78, 5) is 6.05. The van der Waals surface area contributed by atoms with Crippen LogP contribution in [0.3, 0.4) is 0 Å². The molecule has 0 amide bonds. The summed E-state index contributed by atoms with van der Waals surface area (Å²) in [6, 6.07) is 0.668. The summed E-state index contributed by atoms with van der Waals surface area (Å²) in [5, 5.41) is 0. The molecule has 0 saturated heterocycles. The molecule has 12 heavy (non-hydrogen) atoms. The maximum Gasteiger partial charge on any atom is 0.297 e. The summed E-state index contributed by atoms with van der Waals surface area (Å²) in [6.45, 7) is 3.47. The predicted octanol–water partition coefficient (Wildman–Crippen LogP) is 0.768. The molecule has 1 aromatic heterocycles. The number of rotatable bonds is 4. The first-order chi connectivity index (χ1) is 5.74. The maximum absolute atomic E-state index is 5.38. The molecule has 0 aromatic carbocycles. The molecule has 1 heterocycles. The Morgan fingerprint density at radius 2 is 2.42 bits per heavy atom. The van der Waals surface area contributed by atoms with Gasteiger partial charge in [0.05, 0.1) is 6.20 Å². The minimum absolute atomic E-state index is 0.668. The number of aromatic nitrogens is 1. The van der Waals surface area contributed by atoms with Crippen molar-refractivity contribution in [2.75, 3.05) is 25.0 Å². The normalized spacial score (nSPS) is 10.2. The van der Waals surface area contributed by atoms with E-state index in [1.54, 1.807) is 6.20 Å². The fourth-order valence-electron chi connectivity index (χ4n) is 0.943. The van der Waals surface area contributed by atoms with Crippen LogP contribution >= 0.6 is 0 Å². The van der Waals surface area contributed by atoms with Gasteiger partial charge in [-0.3, -0.25) is 0 Å². The highest BCUT2D eigenvalue weighted by atomic mass is 16.4. The highest BCUT2D eigenvalue weighted by Gasteiger charge is 2.05. The van der Waals surface area contributed by atoms with Crippen molar-refractivity contribution >= 4 is 6.01 Å². The van der Waals surface area contributed by atoms with Crippen molar-refractivity contribution in [3.05, 3.63) is 12.0 Å². The first-order valence-electron chi connectivity index (χ1n) is 4.07. The molecular formula is C8H15N3O. The molecule has 2 N–H and O–H groups in total. The molecule has 4 heteroatoms. The van der Waals surface area contributed by atoms with Crippen molar-refractivity contribution in [3.63, 3.8) is 0 Å². The zero-order valence-electron chi connectivity index (χ0n) is 7.58. The molecule has 0 saturated carbocycles. The molecule has 0 aliphatic rings. The van der Waals surface area contributed by atoms with Crippen molar-refractivity contribution in [3.8, 4) is 0 Å². The first-order valence-corrected chi connectivity index (χ1v) is 4.07. The van der Waals surface area contributed by atoms with Gasteiger partial charge in [0.2, 0.25) is 0 Å². The third-order valence-corrected chi connectivity index (χ3v) is 1.63. The van der Waals surface area contributed by atoms with Crippen LogP contribution in [-0.4, -0.2) is 25.1 Å². The van der Waals surface area contributed by atoms with Crippen LogP contribution in [-0.2, 0) is 0 Å². The van der Waals surface area contributed by atoms with Crippen LogP contribution in [0.15, 0.2) is 10.6 Å². The lowest BCUT2D eigenvalue weighted by molar-refractivity contribution is 0.517. The van der Waals surface area contributed by atoms with Crippen molar-refractivity contribution in [1.29, 1.82) is 0 Å². The SMILES string of the molecule is Cc1cnc(N(C)CCCN)o1. The van der Waals surface area contributed by atoms with Gasteiger partial charge in [-0.15, -0.1) is 0 Å². The quantitative estimate of drug-likeness (QED) is 0.723. The van der Waals surface area contributed by atoms with E-state index in [-0.39, 0.29) is 0 Å². The lowest BCUT2D eigenvalue weighted by atomic mass is 10.4. The molecule has 1 aromatic rings. The Hall–Kier alpha value is -1.03. The van der Waals surface area contributed by atoms with Gasteiger partial charge < -0.3 is 15.1 Å². The average molecular weight is 169 g/mol. The first kappa shape index (κ1) is 9.06.